The zero-order valence-corrected chi connectivity index (χ0v) is 10.9. The number of nitrogens with one attached hydrogen (secondary N) is 1. The van der Waals surface area contributed by atoms with Crippen LogP contribution in [0.5, 0.6) is 5.75 Å². The van der Waals surface area contributed by atoms with E-state index >= 15 is 0 Å². The van der Waals surface area contributed by atoms with Gasteiger partial charge in [0.25, 0.3) is 0 Å². The van der Waals surface area contributed by atoms with Crippen LogP contribution >= 0.6 is 0 Å². The molecule has 0 saturated carbocycles. The first-order chi connectivity index (χ1) is 8.33. The number of para-hydroxylation sites is 1. The van der Waals surface area contributed by atoms with E-state index in [1.54, 1.807) is 0 Å². The molecule has 2 heteroatoms. The highest BCUT2D eigenvalue weighted by Gasteiger charge is 2.24. The first kappa shape index (κ1) is 12.4. The molecule has 0 amide bonds. The Kier molecular flexibility index (Phi) is 4.43. The number of hydrogen-bond donors (Lipinski definition) is 1. The van der Waals surface area contributed by atoms with Crippen LogP contribution < -0.4 is 10.1 Å². The first-order valence-corrected chi connectivity index (χ1v) is 6.72. The van der Waals surface area contributed by atoms with Gasteiger partial charge in [-0.3, -0.25) is 0 Å². The van der Waals surface area contributed by atoms with Crippen LogP contribution in [0.25, 0.3) is 0 Å². The SMILES string of the molecule is CCCC(CNC)CC1Cc2ccccc2O1. The summed E-state index contributed by atoms with van der Waals surface area (Å²) < 4.78 is 6.00. The summed E-state index contributed by atoms with van der Waals surface area (Å²) in [5.41, 5.74) is 1.37. The fraction of sp³-hybridized carbons (Fsp3) is 0.600. The third kappa shape index (κ3) is 3.22. The lowest BCUT2D eigenvalue weighted by Crippen LogP contribution is -2.25. The van der Waals surface area contributed by atoms with Crippen molar-refractivity contribution in [3.63, 3.8) is 0 Å². The Bertz CT molecular complexity index is 320. The summed E-state index contributed by atoms with van der Waals surface area (Å²) in [5, 5.41) is 3.29. The van der Waals surface area contributed by atoms with E-state index in [4.69, 9.17) is 4.74 Å². The number of rotatable bonds is 6. The molecule has 2 nitrogen and oxygen atoms in total. The maximum atomic E-state index is 6.00. The normalized spacial score (nSPS) is 19.8. The Morgan fingerprint density at radius 1 is 1.41 bits per heavy atom. The molecule has 0 bridgehead atoms. The third-order valence-electron chi connectivity index (χ3n) is 3.50. The molecule has 0 aliphatic carbocycles. The molecule has 1 heterocycles. The lowest BCUT2D eigenvalue weighted by Gasteiger charge is -2.19. The van der Waals surface area contributed by atoms with E-state index in [9.17, 15) is 0 Å². The Morgan fingerprint density at radius 3 is 2.94 bits per heavy atom. The number of fused-ring (bicyclic) bond motifs is 1. The largest absolute Gasteiger partial charge is 0.490 e. The van der Waals surface area contributed by atoms with Gasteiger partial charge < -0.3 is 10.1 Å². The van der Waals surface area contributed by atoms with Crippen LogP contribution in [0.4, 0.5) is 0 Å². The summed E-state index contributed by atoms with van der Waals surface area (Å²) in [7, 11) is 2.03. The molecule has 1 N–H and O–H groups in total. The van der Waals surface area contributed by atoms with Gasteiger partial charge in [0, 0.05) is 6.42 Å². The molecule has 94 valence electrons. The second-order valence-corrected chi connectivity index (χ2v) is 5.00. The quantitative estimate of drug-likeness (QED) is 0.815. The topological polar surface area (TPSA) is 21.3 Å². The highest BCUT2D eigenvalue weighted by atomic mass is 16.5. The second-order valence-electron chi connectivity index (χ2n) is 5.00. The molecule has 0 saturated heterocycles. The molecule has 1 aliphatic rings. The van der Waals surface area contributed by atoms with E-state index in [2.05, 4.69) is 36.5 Å². The average Bonchev–Trinajstić information content (AvgIpc) is 2.71. The van der Waals surface area contributed by atoms with Gasteiger partial charge in [0.1, 0.15) is 11.9 Å². The minimum Gasteiger partial charge on any atom is -0.490 e. The molecule has 0 radical (unpaired) electrons. The van der Waals surface area contributed by atoms with Crippen LogP contribution in [0.15, 0.2) is 24.3 Å². The molecule has 0 spiro atoms. The van der Waals surface area contributed by atoms with Crippen molar-refractivity contribution in [2.75, 3.05) is 13.6 Å². The Hall–Kier alpha value is -1.02. The van der Waals surface area contributed by atoms with E-state index in [0.717, 1.165) is 24.6 Å². The third-order valence-corrected chi connectivity index (χ3v) is 3.50. The van der Waals surface area contributed by atoms with Crippen LogP contribution in [0, 0.1) is 5.92 Å². The summed E-state index contributed by atoms with van der Waals surface area (Å²) in [6.07, 6.45) is 5.18. The van der Waals surface area contributed by atoms with Crippen molar-refractivity contribution in [2.45, 2.75) is 38.7 Å². The minimum atomic E-state index is 0.386. The van der Waals surface area contributed by atoms with E-state index < -0.39 is 0 Å². The van der Waals surface area contributed by atoms with E-state index in [-0.39, 0.29) is 0 Å². The smallest absolute Gasteiger partial charge is 0.123 e. The zero-order valence-electron chi connectivity index (χ0n) is 10.9. The zero-order chi connectivity index (χ0) is 12.1. The fourth-order valence-electron chi connectivity index (χ4n) is 2.76. The molecule has 1 aromatic rings. The highest BCUT2D eigenvalue weighted by Crippen LogP contribution is 2.31. The summed E-state index contributed by atoms with van der Waals surface area (Å²) in [5.74, 6) is 1.83. The first-order valence-electron chi connectivity index (χ1n) is 6.72. The van der Waals surface area contributed by atoms with Crippen molar-refractivity contribution in [3.8, 4) is 5.75 Å². The molecule has 2 rings (SSSR count). The Balaban J connectivity index is 1.89. The molecular weight excluding hydrogens is 210 g/mol. The lowest BCUT2D eigenvalue weighted by molar-refractivity contribution is 0.188. The van der Waals surface area contributed by atoms with E-state index in [1.165, 1.54) is 24.8 Å². The van der Waals surface area contributed by atoms with Crippen LogP contribution in [0.2, 0.25) is 0 Å². The molecule has 1 aromatic carbocycles. The van der Waals surface area contributed by atoms with Crippen molar-refractivity contribution < 1.29 is 4.74 Å². The van der Waals surface area contributed by atoms with E-state index in [0.29, 0.717) is 6.10 Å². The van der Waals surface area contributed by atoms with Gasteiger partial charge in [-0.25, -0.2) is 0 Å². The summed E-state index contributed by atoms with van der Waals surface area (Å²) >= 11 is 0. The van der Waals surface area contributed by atoms with Crippen LogP contribution in [0.3, 0.4) is 0 Å². The van der Waals surface area contributed by atoms with Crippen molar-refractivity contribution >= 4 is 0 Å². The summed E-state index contributed by atoms with van der Waals surface area (Å²) in [4.78, 5) is 0. The lowest BCUT2D eigenvalue weighted by atomic mass is 9.94. The monoisotopic (exact) mass is 233 g/mol. The predicted molar refractivity (Wildman–Crippen MR) is 71.5 cm³/mol. The number of benzene rings is 1. The van der Waals surface area contributed by atoms with Crippen molar-refractivity contribution in [3.05, 3.63) is 29.8 Å². The number of hydrogen-bond acceptors (Lipinski definition) is 2. The number of ether oxygens (including phenoxy) is 1. The van der Waals surface area contributed by atoms with Gasteiger partial charge in [-0.05, 0) is 44.0 Å². The molecule has 0 fully saturated rings. The molecular formula is C15H23NO. The molecule has 17 heavy (non-hydrogen) atoms. The summed E-state index contributed by atoms with van der Waals surface area (Å²) in [6.45, 7) is 3.36. The van der Waals surface area contributed by atoms with Crippen molar-refractivity contribution in [1.29, 1.82) is 0 Å². The Morgan fingerprint density at radius 2 is 2.24 bits per heavy atom. The predicted octanol–water partition coefficient (Wildman–Crippen LogP) is 3.02. The minimum absolute atomic E-state index is 0.386. The maximum absolute atomic E-state index is 6.00. The highest BCUT2D eigenvalue weighted by molar-refractivity contribution is 5.37. The maximum Gasteiger partial charge on any atom is 0.123 e. The van der Waals surface area contributed by atoms with Gasteiger partial charge in [-0.15, -0.1) is 0 Å². The molecule has 2 unspecified atom stereocenters. The van der Waals surface area contributed by atoms with Gasteiger partial charge >= 0.3 is 0 Å². The molecule has 2 atom stereocenters. The molecule has 0 aromatic heterocycles. The van der Waals surface area contributed by atoms with Gasteiger partial charge in [0.2, 0.25) is 0 Å². The van der Waals surface area contributed by atoms with Gasteiger partial charge in [0.05, 0.1) is 0 Å². The van der Waals surface area contributed by atoms with Gasteiger partial charge in [-0.2, -0.15) is 0 Å². The summed E-state index contributed by atoms with van der Waals surface area (Å²) in [6, 6.07) is 8.42. The average molecular weight is 233 g/mol. The van der Waals surface area contributed by atoms with Crippen molar-refractivity contribution in [2.24, 2.45) is 5.92 Å². The fourth-order valence-corrected chi connectivity index (χ4v) is 2.76. The molecule has 1 aliphatic heterocycles. The van der Waals surface area contributed by atoms with Crippen LogP contribution in [-0.4, -0.2) is 19.7 Å². The Labute approximate surface area is 104 Å². The van der Waals surface area contributed by atoms with Crippen LogP contribution in [0.1, 0.15) is 31.7 Å². The van der Waals surface area contributed by atoms with Crippen LogP contribution in [-0.2, 0) is 6.42 Å². The second kappa shape index (κ2) is 6.06. The van der Waals surface area contributed by atoms with Gasteiger partial charge in [-0.1, -0.05) is 31.5 Å². The standard InChI is InChI=1S/C15H23NO/c1-3-6-12(11-16-2)9-14-10-13-7-4-5-8-15(13)17-14/h4-5,7-8,12,14,16H,3,6,9-11H2,1-2H3. The van der Waals surface area contributed by atoms with Crippen molar-refractivity contribution in [1.82, 2.24) is 5.32 Å². The van der Waals surface area contributed by atoms with Gasteiger partial charge in [0.15, 0.2) is 0 Å². The van der Waals surface area contributed by atoms with E-state index in [1.807, 2.05) is 7.05 Å².